The van der Waals surface area contributed by atoms with Gasteiger partial charge in [0.1, 0.15) is 0 Å². The Kier molecular flexibility index (Phi) is 5.45. The molecular formula is C9H19N3OS. The van der Waals surface area contributed by atoms with Crippen LogP contribution in [-0.4, -0.2) is 35.6 Å². The first-order valence-corrected chi connectivity index (χ1v) is 5.11. The maximum atomic E-state index is 11.5. The van der Waals surface area contributed by atoms with Crippen LogP contribution in [0.3, 0.4) is 0 Å². The maximum Gasteiger partial charge on any atom is 0.317 e. The Balaban J connectivity index is 4.31. The van der Waals surface area contributed by atoms with Crippen LogP contribution in [0.2, 0.25) is 0 Å². The number of thiocarbonyl (C=S) groups is 1. The number of nitrogens with zero attached hydrogens (tertiary/aromatic N) is 1. The van der Waals surface area contributed by atoms with Gasteiger partial charge in [-0.25, -0.2) is 4.79 Å². The lowest BCUT2D eigenvalue weighted by Crippen LogP contribution is -2.50. The molecule has 0 heterocycles. The van der Waals surface area contributed by atoms with E-state index in [0.717, 1.165) is 0 Å². The molecule has 0 aliphatic heterocycles. The fraction of sp³-hybridized carbons (Fsp3) is 0.778. The predicted octanol–water partition coefficient (Wildman–Crippen LogP) is 0.958. The van der Waals surface area contributed by atoms with Crippen LogP contribution < -0.4 is 11.1 Å². The van der Waals surface area contributed by atoms with Gasteiger partial charge in [-0.2, -0.15) is 0 Å². The second-order valence-electron chi connectivity index (χ2n) is 3.59. The summed E-state index contributed by atoms with van der Waals surface area (Å²) in [6, 6.07) is -0.370. The summed E-state index contributed by atoms with van der Waals surface area (Å²) in [5, 5.41) is 2.79. The molecule has 0 aromatic carbocycles. The minimum absolute atomic E-state index is 0.140. The molecular weight excluding hydrogens is 198 g/mol. The van der Waals surface area contributed by atoms with Gasteiger partial charge < -0.3 is 16.0 Å². The molecule has 1 atom stereocenters. The fourth-order valence-electron chi connectivity index (χ4n) is 0.953. The van der Waals surface area contributed by atoms with Crippen LogP contribution in [0.5, 0.6) is 0 Å². The van der Waals surface area contributed by atoms with Gasteiger partial charge in [-0.05, 0) is 12.8 Å². The Morgan fingerprint density at radius 3 is 2.36 bits per heavy atom. The van der Waals surface area contributed by atoms with E-state index in [0.29, 0.717) is 11.5 Å². The van der Waals surface area contributed by atoms with Gasteiger partial charge >= 0.3 is 6.03 Å². The van der Waals surface area contributed by atoms with Crippen LogP contribution in [0.25, 0.3) is 0 Å². The van der Waals surface area contributed by atoms with Gasteiger partial charge in [-0.3, -0.25) is 0 Å². The molecule has 4 nitrogen and oxygen atoms in total. The smallest absolute Gasteiger partial charge is 0.317 e. The number of hydrogen-bond acceptors (Lipinski definition) is 2. The molecule has 2 amide bonds. The Hall–Kier alpha value is -0.840. The SMILES string of the molecule is CCN(C)C(=O)NC(C(N)=S)C(C)C. The van der Waals surface area contributed by atoms with Crippen molar-refractivity contribution in [2.75, 3.05) is 13.6 Å². The van der Waals surface area contributed by atoms with Crippen molar-refractivity contribution in [3.8, 4) is 0 Å². The van der Waals surface area contributed by atoms with E-state index in [4.69, 9.17) is 18.0 Å². The number of amides is 2. The number of urea groups is 1. The number of hydrogen-bond donors (Lipinski definition) is 2. The third-order valence-electron chi connectivity index (χ3n) is 2.07. The Morgan fingerprint density at radius 1 is 1.57 bits per heavy atom. The van der Waals surface area contributed by atoms with Crippen LogP contribution in [0, 0.1) is 5.92 Å². The van der Waals surface area contributed by atoms with E-state index in [1.807, 2.05) is 20.8 Å². The summed E-state index contributed by atoms with van der Waals surface area (Å²) < 4.78 is 0. The van der Waals surface area contributed by atoms with E-state index in [-0.39, 0.29) is 18.0 Å². The normalized spacial score (nSPS) is 12.4. The molecule has 1 unspecified atom stereocenters. The topological polar surface area (TPSA) is 58.4 Å². The van der Waals surface area contributed by atoms with Crippen molar-refractivity contribution in [1.82, 2.24) is 10.2 Å². The average molecular weight is 217 g/mol. The zero-order valence-electron chi connectivity index (χ0n) is 9.20. The summed E-state index contributed by atoms with van der Waals surface area (Å²) in [7, 11) is 1.73. The molecule has 0 bridgehead atoms. The first-order valence-electron chi connectivity index (χ1n) is 4.71. The summed E-state index contributed by atoms with van der Waals surface area (Å²) in [5.41, 5.74) is 5.53. The van der Waals surface area contributed by atoms with Crippen LogP contribution in [0.1, 0.15) is 20.8 Å². The van der Waals surface area contributed by atoms with E-state index in [9.17, 15) is 4.79 Å². The monoisotopic (exact) mass is 217 g/mol. The third-order valence-corrected chi connectivity index (χ3v) is 2.33. The standard InChI is InChI=1S/C9H19N3OS/c1-5-12(4)9(13)11-7(6(2)3)8(10)14/h6-7H,5H2,1-4H3,(H2,10,14)(H,11,13). The molecule has 0 rings (SSSR count). The highest BCUT2D eigenvalue weighted by atomic mass is 32.1. The van der Waals surface area contributed by atoms with Crippen molar-refractivity contribution < 1.29 is 4.79 Å². The average Bonchev–Trinajstić information content (AvgIpc) is 2.11. The molecule has 0 aromatic rings. The summed E-state index contributed by atoms with van der Waals surface area (Å²) in [6.07, 6.45) is 0. The first kappa shape index (κ1) is 13.2. The minimum atomic E-state index is -0.230. The minimum Gasteiger partial charge on any atom is -0.392 e. The Morgan fingerprint density at radius 2 is 2.07 bits per heavy atom. The number of carbonyl (C=O) groups excluding carboxylic acids is 1. The highest BCUT2D eigenvalue weighted by Gasteiger charge is 2.19. The number of nitrogens with one attached hydrogen (secondary N) is 1. The molecule has 0 saturated carbocycles. The van der Waals surface area contributed by atoms with Crippen LogP contribution >= 0.6 is 12.2 Å². The summed E-state index contributed by atoms with van der Waals surface area (Å²) >= 11 is 4.88. The quantitative estimate of drug-likeness (QED) is 0.690. The van der Waals surface area contributed by atoms with E-state index < -0.39 is 0 Å². The molecule has 5 heteroatoms. The molecule has 82 valence electrons. The number of rotatable bonds is 4. The van der Waals surface area contributed by atoms with Gasteiger partial charge in [-0.1, -0.05) is 26.1 Å². The second kappa shape index (κ2) is 5.80. The van der Waals surface area contributed by atoms with Crippen molar-refractivity contribution in [3.05, 3.63) is 0 Å². The highest BCUT2D eigenvalue weighted by molar-refractivity contribution is 7.80. The molecule has 0 aliphatic rings. The van der Waals surface area contributed by atoms with Crippen molar-refractivity contribution in [3.63, 3.8) is 0 Å². The predicted molar refractivity (Wildman–Crippen MR) is 62.2 cm³/mol. The Bertz CT molecular complexity index is 218. The van der Waals surface area contributed by atoms with Crippen molar-refractivity contribution >= 4 is 23.2 Å². The molecule has 0 radical (unpaired) electrons. The van der Waals surface area contributed by atoms with Gasteiger partial charge in [0.25, 0.3) is 0 Å². The fourth-order valence-corrected chi connectivity index (χ4v) is 1.28. The van der Waals surface area contributed by atoms with Crippen molar-refractivity contribution in [2.24, 2.45) is 11.7 Å². The molecule has 0 aliphatic carbocycles. The van der Waals surface area contributed by atoms with Gasteiger partial charge in [0.05, 0.1) is 11.0 Å². The summed E-state index contributed by atoms with van der Waals surface area (Å²) in [6.45, 7) is 6.50. The molecule has 14 heavy (non-hydrogen) atoms. The van der Waals surface area contributed by atoms with E-state index in [1.54, 1.807) is 11.9 Å². The summed E-state index contributed by atoms with van der Waals surface area (Å²) in [4.78, 5) is 13.4. The molecule has 3 N–H and O–H groups in total. The maximum absolute atomic E-state index is 11.5. The van der Waals surface area contributed by atoms with Crippen molar-refractivity contribution in [2.45, 2.75) is 26.8 Å². The lowest BCUT2D eigenvalue weighted by Gasteiger charge is -2.24. The third kappa shape index (κ3) is 3.91. The largest absolute Gasteiger partial charge is 0.392 e. The van der Waals surface area contributed by atoms with Crippen LogP contribution in [0.15, 0.2) is 0 Å². The second-order valence-corrected chi connectivity index (χ2v) is 4.06. The van der Waals surface area contributed by atoms with Crippen LogP contribution in [-0.2, 0) is 0 Å². The highest BCUT2D eigenvalue weighted by Crippen LogP contribution is 2.02. The van der Waals surface area contributed by atoms with Gasteiger partial charge in [0, 0.05) is 13.6 Å². The van der Waals surface area contributed by atoms with E-state index in [1.165, 1.54) is 0 Å². The number of nitrogens with two attached hydrogens (primary N) is 1. The molecule has 0 spiro atoms. The van der Waals surface area contributed by atoms with Crippen molar-refractivity contribution in [1.29, 1.82) is 0 Å². The van der Waals surface area contributed by atoms with Gasteiger partial charge in [-0.15, -0.1) is 0 Å². The van der Waals surface area contributed by atoms with Gasteiger partial charge in [0.15, 0.2) is 0 Å². The zero-order chi connectivity index (χ0) is 11.3. The number of carbonyl (C=O) groups is 1. The Labute approximate surface area is 90.8 Å². The zero-order valence-corrected chi connectivity index (χ0v) is 10.0. The molecule has 0 aromatic heterocycles. The lowest BCUT2D eigenvalue weighted by atomic mass is 10.1. The van der Waals surface area contributed by atoms with Gasteiger partial charge in [0.2, 0.25) is 0 Å². The lowest BCUT2D eigenvalue weighted by molar-refractivity contribution is 0.207. The van der Waals surface area contributed by atoms with Crippen LogP contribution in [0.4, 0.5) is 4.79 Å². The molecule has 0 fully saturated rings. The molecule has 0 saturated heterocycles. The summed E-state index contributed by atoms with van der Waals surface area (Å²) in [5.74, 6) is 0.210. The first-order chi connectivity index (χ1) is 6.40. The van der Waals surface area contributed by atoms with E-state index >= 15 is 0 Å². The van der Waals surface area contributed by atoms with E-state index in [2.05, 4.69) is 5.32 Å².